The highest BCUT2D eigenvalue weighted by Crippen LogP contribution is 2.04. The molecule has 0 atom stereocenters. The minimum atomic E-state index is 0.701. The zero-order valence-electron chi connectivity index (χ0n) is 5.33. The third-order valence-corrected chi connectivity index (χ3v) is 1.42. The summed E-state index contributed by atoms with van der Waals surface area (Å²) >= 11 is 0. The van der Waals surface area contributed by atoms with Gasteiger partial charge in [-0.3, -0.25) is 0 Å². The zero-order chi connectivity index (χ0) is 6.97. The summed E-state index contributed by atoms with van der Waals surface area (Å²) in [5.74, 6) is 0. The van der Waals surface area contributed by atoms with Crippen molar-refractivity contribution in [1.82, 2.24) is 9.97 Å². The number of nitrogens with zero attached hydrogens (tertiary/aromatic N) is 1. The summed E-state index contributed by atoms with van der Waals surface area (Å²) in [6.45, 7) is 0. The minimum Gasteiger partial charge on any atom is -0.346 e. The minimum absolute atomic E-state index is 0.701. The van der Waals surface area contributed by atoms with Crippen molar-refractivity contribution in [3.63, 3.8) is 0 Å². The normalized spacial score (nSPS) is 10.4. The first-order valence-corrected chi connectivity index (χ1v) is 3.05. The van der Waals surface area contributed by atoms with Gasteiger partial charge in [0, 0.05) is 17.8 Å². The number of nitrogens with one attached hydrogen (secondary N) is 1. The van der Waals surface area contributed by atoms with Crippen LogP contribution < -0.4 is 5.46 Å². The fourth-order valence-corrected chi connectivity index (χ4v) is 0.957. The van der Waals surface area contributed by atoms with Crippen LogP contribution >= 0.6 is 0 Å². The number of aromatic nitrogens is 2. The van der Waals surface area contributed by atoms with Crippen molar-refractivity contribution in [2.75, 3.05) is 0 Å². The molecule has 3 heteroatoms. The fraction of sp³-hybridized carbons (Fsp3) is 0. The van der Waals surface area contributed by atoms with Crippen LogP contribution in [0.5, 0.6) is 0 Å². The average molecular weight is 128 g/mol. The van der Waals surface area contributed by atoms with Crippen molar-refractivity contribution < 1.29 is 0 Å². The SMILES string of the molecule is [B]c1cnc2[nH]ccc2c1. The third-order valence-electron chi connectivity index (χ3n) is 1.42. The molecule has 1 N–H and O–H groups in total. The molecule has 0 bridgehead atoms. The van der Waals surface area contributed by atoms with Crippen LogP contribution in [0.3, 0.4) is 0 Å². The Morgan fingerprint density at radius 3 is 3.30 bits per heavy atom. The highest BCUT2D eigenvalue weighted by Gasteiger charge is 1.92. The van der Waals surface area contributed by atoms with Crippen LogP contribution in [0, 0.1) is 0 Å². The standard InChI is InChI=1S/C7H5BN2/c8-6-3-5-1-2-9-7(5)10-4-6/h1-4H,(H,9,10). The summed E-state index contributed by atoms with van der Waals surface area (Å²) in [7, 11) is 5.51. The van der Waals surface area contributed by atoms with E-state index >= 15 is 0 Å². The molecule has 0 aliphatic heterocycles. The van der Waals surface area contributed by atoms with E-state index in [1.807, 2.05) is 18.3 Å². The van der Waals surface area contributed by atoms with Gasteiger partial charge in [0.1, 0.15) is 13.5 Å². The van der Waals surface area contributed by atoms with Crippen LogP contribution in [-0.4, -0.2) is 17.8 Å². The Kier molecular flexibility index (Phi) is 1.03. The molecule has 0 aromatic carbocycles. The van der Waals surface area contributed by atoms with Crippen LogP contribution in [-0.2, 0) is 0 Å². The number of rotatable bonds is 0. The van der Waals surface area contributed by atoms with E-state index in [1.165, 1.54) is 0 Å². The van der Waals surface area contributed by atoms with Crippen LogP contribution in [0.1, 0.15) is 0 Å². The maximum atomic E-state index is 5.51. The Morgan fingerprint density at radius 2 is 2.40 bits per heavy atom. The first-order chi connectivity index (χ1) is 4.86. The maximum absolute atomic E-state index is 5.51. The first kappa shape index (κ1) is 5.53. The quantitative estimate of drug-likeness (QED) is 0.509. The van der Waals surface area contributed by atoms with E-state index in [-0.39, 0.29) is 0 Å². The summed E-state index contributed by atoms with van der Waals surface area (Å²) in [6, 6.07) is 3.83. The number of H-pyrrole nitrogens is 1. The van der Waals surface area contributed by atoms with Gasteiger partial charge in [0.25, 0.3) is 0 Å². The number of hydrogen-bond acceptors (Lipinski definition) is 1. The van der Waals surface area contributed by atoms with Gasteiger partial charge in [0.2, 0.25) is 0 Å². The van der Waals surface area contributed by atoms with Gasteiger partial charge in [-0.1, -0.05) is 11.5 Å². The molecule has 46 valence electrons. The second kappa shape index (κ2) is 1.87. The van der Waals surface area contributed by atoms with E-state index in [1.54, 1.807) is 6.20 Å². The number of pyridine rings is 1. The second-order valence-electron chi connectivity index (χ2n) is 2.18. The van der Waals surface area contributed by atoms with E-state index in [0.29, 0.717) is 5.46 Å². The van der Waals surface area contributed by atoms with Gasteiger partial charge in [-0.15, -0.1) is 0 Å². The van der Waals surface area contributed by atoms with Gasteiger partial charge in [0.05, 0.1) is 0 Å². The number of fused-ring (bicyclic) bond motifs is 1. The van der Waals surface area contributed by atoms with Crippen molar-refractivity contribution in [3.05, 3.63) is 24.5 Å². The molecule has 0 saturated heterocycles. The van der Waals surface area contributed by atoms with Crippen molar-refractivity contribution in [1.29, 1.82) is 0 Å². The Labute approximate surface area is 59.7 Å². The molecule has 2 aromatic heterocycles. The monoisotopic (exact) mass is 128 g/mol. The lowest BCUT2D eigenvalue weighted by atomic mass is 9.98. The number of hydrogen-bond donors (Lipinski definition) is 1. The van der Waals surface area contributed by atoms with Crippen molar-refractivity contribution in [2.24, 2.45) is 0 Å². The topological polar surface area (TPSA) is 28.7 Å². The van der Waals surface area contributed by atoms with Crippen LogP contribution in [0.4, 0.5) is 0 Å². The van der Waals surface area contributed by atoms with E-state index in [9.17, 15) is 0 Å². The van der Waals surface area contributed by atoms with E-state index in [4.69, 9.17) is 7.85 Å². The highest BCUT2D eigenvalue weighted by atomic mass is 14.8. The zero-order valence-corrected chi connectivity index (χ0v) is 5.33. The molecule has 0 saturated carbocycles. The molecule has 0 aliphatic rings. The maximum Gasteiger partial charge on any atom is 0.137 e. The lowest BCUT2D eigenvalue weighted by Gasteiger charge is -1.89. The van der Waals surface area contributed by atoms with Crippen LogP contribution in [0.2, 0.25) is 0 Å². The lowest BCUT2D eigenvalue weighted by Crippen LogP contribution is -2.01. The Hall–Kier alpha value is -1.25. The molecule has 0 spiro atoms. The molecular weight excluding hydrogens is 123 g/mol. The molecule has 2 heterocycles. The van der Waals surface area contributed by atoms with Gasteiger partial charge in [-0.2, -0.15) is 0 Å². The molecule has 0 amide bonds. The third kappa shape index (κ3) is 0.710. The van der Waals surface area contributed by atoms with Gasteiger partial charge in [0.15, 0.2) is 0 Å². The van der Waals surface area contributed by atoms with Crippen molar-refractivity contribution in [3.8, 4) is 0 Å². The fourth-order valence-electron chi connectivity index (χ4n) is 0.957. The number of aromatic amines is 1. The van der Waals surface area contributed by atoms with Gasteiger partial charge in [-0.25, -0.2) is 4.98 Å². The average Bonchev–Trinajstić information content (AvgIpc) is 2.33. The first-order valence-electron chi connectivity index (χ1n) is 3.05. The Morgan fingerprint density at radius 1 is 1.50 bits per heavy atom. The predicted molar refractivity (Wildman–Crippen MR) is 41.5 cm³/mol. The predicted octanol–water partition coefficient (Wildman–Crippen LogP) is 0.357. The molecule has 0 aliphatic carbocycles. The molecule has 0 fully saturated rings. The molecule has 2 radical (unpaired) electrons. The summed E-state index contributed by atoms with van der Waals surface area (Å²) in [5.41, 5.74) is 1.58. The van der Waals surface area contributed by atoms with Gasteiger partial charge < -0.3 is 4.98 Å². The molecule has 10 heavy (non-hydrogen) atoms. The summed E-state index contributed by atoms with van der Waals surface area (Å²) in [6.07, 6.45) is 3.48. The molecule has 2 nitrogen and oxygen atoms in total. The van der Waals surface area contributed by atoms with E-state index in [0.717, 1.165) is 11.0 Å². The summed E-state index contributed by atoms with van der Waals surface area (Å²) in [5, 5.41) is 1.06. The summed E-state index contributed by atoms with van der Waals surface area (Å²) < 4.78 is 0. The van der Waals surface area contributed by atoms with Gasteiger partial charge in [-0.05, 0) is 6.07 Å². The Bertz CT molecular complexity index is 353. The Balaban J connectivity index is 2.86. The van der Waals surface area contributed by atoms with E-state index < -0.39 is 0 Å². The molecule has 0 unspecified atom stereocenters. The van der Waals surface area contributed by atoms with Crippen molar-refractivity contribution >= 4 is 24.3 Å². The van der Waals surface area contributed by atoms with Gasteiger partial charge >= 0.3 is 0 Å². The lowest BCUT2D eigenvalue weighted by molar-refractivity contribution is 1.34. The molecule has 2 aromatic rings. The largest absolute Gasteiger partial charge is 0.346 e. The second-order valence-corrected chi connectivity index (χ2v) is 2.18. The summed E-state index contributed by atoms with van der Waals surface area (Å²) in [4.78, 5) is 7.04. The molecular formula is C7H5BN2. The van der Waals surface area contributed by atoms with E-state index in [2.05, 4.69) is 9.97 Å². The van der Waals surface area contributed by atoms with Crippen LogP contribution in [0.15, 0.2) is 24.5 Å². The highest BCUT2D eigenvalue weighted by molar-refractivity contribution is 6.32. The smallest absolute Gasteiger partial charge is 0.137 e. The van der Waals surface area contributed by atoms with Crippen LogP contribution in [0.25, 0.3) is 11.0 Å². The van der Waals surface area contributed by atoms with Crippen molar-refractivity contribution in [2.45, 2.75) is 0 Å². The molecule has 2 rings (SSSR count).